The number of nitrogens with one attached hydrogen (secondary N) is 1. The lowest BCUT2D eigenvalue weighted by Gasteiger charge is -2.44. The molecule has 1 aromatic heterocycles. The van der Waals surface area contributed by atoms with Crippen LogP contribution in [0.1, 0.15) is 76.0 Å². The van der Waals surface area contributed by atoms with Crippen molar-refractivity contribution in [2.24, 2.45) is 16.7 Å². The smallest absolute Gasteiger partial charge is 0.410 e. The molecule has 0 bridgehead atoms. The molecule has 360 valence electrons. The van der Waals surface area contributed by atoms with Crippen molar-refractivity contribution in [2.75, 3.05) is 72.6 Å². The molecule has 1 aromatic carbocycles. The number of benzene rings is 1. The van der Waals surface area contributed by atoms with Gasteiger partial charge in [-0.25, -0.2) is 8.78 Å². The van der Waals surface area contributed by atoms with E-state index < -0.39 is 98.1 Å². The van der Waals surface area contributed by atoms with Crippen LogP contribution in [0.4, 0.5) is 17.6 Å². The number of hydrogen-bond acceptors (Lipinski definition) is 14. The van der Waals surface area contributed by atoms with E-state index in [0.717, 1.165) is 23.5 Å². The fourth-order valence-corrected chi connectivity index (χ4v) is 10.1. The molecule has 6 rings (SSSR count). The fraction of sp³-hybridized carbons (Fsp3) is 0.667. The van der Waals surface area contributed by atoms with Gasteiger partial charge in [0.15, 0.2) is 0 Å². The Bertz CT molecular complexity index is 2140. The molecule has 65 heavy (non-hydrogen) atoms. The van der Waals surface area contributed by atoms with Gasteiger partial charge in [-0.1, -0.05) is 6.07 Å². The zero-order valence-electron chi connectivity index (χ0n) is 37.2. The Kier molecular flexibility index (Phi) is 15.4. The summed E-state index contributed by atoms with van der Waals surface area (Å²) in [6.45, 7) is 7.97. The number of fused-ring (bicyclic) bond motifs is 2. The van der Waals surface area contributed by atoms with Crippen LogP contribution in [0.3, 0.4) is 0 Å². The molecule has 4 fully saturated rings. The lowest BCUT2D eigenvalue weighted by atomic mass is 9.96. The SMILES string of the molecule is CC(C)(C)C(=O)OCOP(=O)(OCOC(=O)C(C)(C)C)C(F)(F)c1ccc2sc(C(=O)N[C@H]3CN(CC(F)F)CC[C@H]4CC[C@@H](C(=O)N5CC(C(=O)N6CCOCC6)C5)N4C3=O)cc2c1. The molecule has 5 heterocycles. The predicted molar refractivity (Wildman–Crippen MR) is 226 cm³/mol. The summed E-state index contributed by atoms with van der Waals surface area (Å²) >= 11 is 0.873. The van der Waals surface area contributed by atoms with Crippen molar-refractivity contribution >= 4 is 64.6 Å². The predicted octanol–water partition coefficient (Wildman–Crippen LogP) is 5.02. The van der Waals surface area contributed by atoms with Gasteiger partial charge in [0.1, 0.15) is 12.1 Å². The zero-order valence-corrected chi connectivity index (χ0v) is 38.9. The van der Waals surface area contributed by atoms with Gasteiger partial charge >= 0.3 is 25.2 Å². The van der Waals surface area contributed by atoms with E-state index in [2.05, 4.69) is 5.32 Å². The van der Waals surface area contributed by atoms with Crippen LogP contribution < -0.4 is 5.32 Å². The lowest BCUT2D eigenvalue weighted by Crippen LogP contribution is -2.64. The van der Waals surface area contributed by atoms with Gasteiger partial charge in [0.25, 0.3) is 12.3 Å². The van der Waals surface area contributed by atoms with Crippen molar-refractivity contribution < 1.29 is 74.2 Å². The van der Waals surface area contributed by atoms with E-state index in [9.17, 15) is 42.1 Å². The topological polar surface area (TPSA) is 191 Å². The number of likely N-dealkylation sites (tertiary alicyclic amines) is 1. The minimum Gasteiger partial charge on any atom is -0.438 e. The normalized spacial score (nSPS) is 21.7. The molecule has 1 N–H and O–H groups in total. The maximum absolute atomic E-state index is 16.4. The first-order chi connectivity index (χ1) is 30.4. The Morgan fingerprint density at radius 2 is 1.46 bits per heavy atom. The number of carbonyl (C=O) groups is 6. The van der Waals surface area contributed by atoms with E-state index in [1.165, 1.54) is 68.4 Å². The number of ether oxygens (including phenoxy) is 3. The molecule has 4 aliphatic heterocycles. The molecule has 4 aliphatic rings. The van der Waals surface area contributed by atoms with E-state index in [1.54, 1.807) is 4.90 Å². The quantitative estimate of drug-likeness (QED) is 0.115. The molecule has 4 amide bonds. The summed E-state index contributed by atoms with van der Waals surface area (Å²) < 4.78 is 99.4. The second-order valence-electron chi connectivity index (χ2n) is 18.6. The third kappa shape index (κ3) is 11.5. The summed E-state index contributed by atoms with van der Waals surface area (Å²) in [6.07, 6.45) is -1.70. The van der Waals surface area contributed by atoms with Gasteiger partial charge in [-0.05, 0) is 84.4 Å². The molecule has 0 unspecified atom stereocenters. The number of amides is 4. The van der Waals surface area contributed by atoms with Crippen molar-refractivity contribution in [1.82, 2.24) is 24.9 Å². The van der Waals surface area contributed by atoms with Crippen LogP contribution in [0.2, 0.25) is 0 Å². The first kappa shape index (κ1) is 50.2. The summed E-state index contributed by atoms with van der Waals surface area (Å²) in [5, 5.41) is 2.73. The van der Waals surface area contributed by atoms with Crippen LogP contribution in [0.25, 0.3) is 10.1 Å². The Balaban J connectivity index is 1.19. The number of thiophene rings is 1. The molecule has 17 nitrogen and oxygen atoms in total. The van der Waals surface area contributed by atoms with Crippen molar-refractivity contribution in [1.29, 1.82) is 0 Å². The van der Waals surface area contributed by atoms with Gasteiger partial charge in [-0.3, -0.25) is 47.3 Å². The van der Waals surface area contributed by atoms with Crippen LogP contribution in [0.15, 0.2) is 24.3 Å². The highest BCUT2D eigenvalue weighted by molar-refractivity contribution is 7.54. The van der Waals surface area contributed by atoms with Gasteiger partial charge in [-0.2, -0.15) is 8.78 Å². The van der Waals surface area contributed by atoms with E-state index >= 15 is 8.78 Å². The summed E-state index contributed by atoms with van der Waals surface area (Å²) in [5.41, 5.74) is -7.47. The van der Waals surface area contributed by atoms with E-state index in [4.69, 9.17) is 23.3 Å². The third-order valence-electron chi connectivity index (χ3n) is 11.6. The van der Waals surface area contributed by atoms with E-state index in [0.29, 0.717) is 50.3 Å². The van der Waals surface area contributed by atoms with Crippen LogP contribution in [0, 0.1) is 16.7 Å². The average molecular weight is 962 g/mol. The summed E-state index contributed by atoms with van der Waals surface area (Å²) in [7, 11) is -5.66. The lowest BCUT2D eigenvalue weighted by molar-refractivity contribution is -0.163. The molecular weight excluding hydrogens is 906 g/mol. The molecule has 0 spiro atoms. The van der Waals surface area contributed by atoms with Gasteiger partial charge in [-0.15, -0.1) is 11.3 Å². The highest BCUT2D eigenvalue weighted by atomic mass is 32.1. The van der Waals surface area contributed by atoms with Crippen molar-refractivity contribution in [3.05, 3.63) is 34.7 Å². The summed E-state index contributed by atoms with van der Waals surface area (Å²) in [5.74, 6) is -3.95. The molecule has 3 atom stereocenters. The number of rotatable bonds is 14. The zero-order chi connectivity index (χ0) is 47.6. The van der Waals surface area contributed by atoms with Crippen LogP contribution in [0.5, 0.6) is 0 Å². The van der Waals surface area contributed by atoms with E-state index in [1.807, 2.05) is 0 Å². The van der Waals surface area contributed by atoms with Gasteiger partial charge in [0, 0.05) is 55.6 Å². The summed E-state index contributed by atoms with van der Waals surface area (Å²) in [6, 6.07) is 1.60. The van der Waals surface area contributed by atoms with Gasteiger partial charge in [0.05, 0.1) is 41.4 Å². The maximum Gasteiger partial charge on any atom is 0.410 e. The second-order valence-corrected chi connectivity index (χ2v) is 21.8. The van der Waals surface area contributed by atoms with Crippen molar-refractivity contribution in [3.8, 4) is 0 Å². The first-order valence-electron chi connectivity index (χ1n) is 21.3. The van der Waals surface area contributed by atoms with Crippen LogP contribution >= 0.6 is 18.9 Å². The number of carbonyl (C=O) groups excluding carboxylic acids is 6. The Morgan fingerprint density at radius 3 is 2.05 bits per heavy atom. The molecule has 0 saturated carbocycles. The highest BCUT2D eigenvalue weighted by Gasteiger charge is 2.56. The van der Waals surface area contributed by atoms with Crippen molar-refractivity contribution in [3.63, 3.8) is 0 Å². The Morgan fingerprint density at radius 1 is 0.846 bits per heavy atom. The largest absolute Gasteiger partial charge is 0.438 e. The number of nitrogens with zero attached hydrogens (tertiary/aromatic N) is 4. The number of esters is 2. The fourth-order valence-electron chi connectivity index (χ4n) is 7.88. The van der Waals surface area contributed by atoms with Gasteiger partial charge < -0.3 is 34.2 Å². The second kappa shape index (κ2) is 19.9. The summed E-state index contributed by atoms with van der Waals surface area (Å²) in [4.78, 5) is 85.9. The van der Waals surface area contributed by atoms with E-state index in [-0.39, 0.29) is 54.2 Å². The average Bonchev–Trinajstić information content (AvgIpc) is 3.85. The highest BCUT2D eigenvalue weighted by Crippen LogP contribution is 2.67. The third-order valence-corrected chi connectivity index (χ3v) is 14.6. The molecular formula is C42H56F4N5O12PS. The number of morpholine rings is 1. The van der Waals surface area contributed by atoms with Crippen LogP contribution in [-0.4, -0.2) is 152 Å². The number of alkyl halides is 4. The standard InChI is InChI=1S/C42H56F4N5O12PS/c1-40(2,3)38(56)60-23-62-64(58,63-24-61-39(57)41(4,5)6)42(45,46)27-7-10-31-25(17-27)18-32(65-31)34(52)47-29-21-48(22-33(43)44)12-11-28-8-9-30(51(28)36(29)54)37(55)50-19-26(20-50)35(53)49-13-15-59-16-14-49/h7,10,17-18,26,28-30,33H,8-9,11-16,19-24H2,1-6H3,(H,47,52)/t28-,29+,30+/m1/s1. The minimum atomic E-state index is -5.66. The Labute approximate surface area is 377 Å². The maximum atomic E-state index is 16.4. The first-order valence-corrected chi connectivity index (χ1v) is 23.7. The minimum absolute atomic E-state index is 0.0447. The molecule has 4 saturated heterocycles. The number of hydrogen-bond donors (Lipinski definition) is 1. The van der Waals surface area contributed by atoms with Crippen molar-refractivity contribution in [2.45, 2.75) is 91.0 Å². The Hall–Kier alpha value is -4.21. The molecule has 23 heteroatoms. The van der Waals surface area contributed by atoms with Crippen LogP contribution in [-0.2, 0) is 57.5 Å². The molecule has 2 aromatic rings. The molecule has 0 aliphatic carbocycles. The molecule has 0 radical (unpaired) electrons. The number of halogens is 4. The van der Waals surface area contributed by atoms with Gasteiger partial charge in [0.2, 0.25) is 31.3 Å². The monoisotopic (exact) mass is 961 g/mol.